The van der Waals surface area contributed by atoms with Crippen LogP contribution in [0.15, 0.2) is 59.2 Å². The summed E-state index contributed by atoms with van der Waals surface area (Å²) in [7, 11) is -4.16. The van der Waals surface area contributed by atoms with Crippen molar-refractivity contribution in [2.45, 2.75) is 31.6 Å². The maximum Gasteiger partial charge on any atom is 0.338 e. The van der Waals surface area contributed by atoms with Crippen molar-refractivity contribution >= 4 is 43.2 Å². The van der Waals surface area contributed by atoms with Gasteiger partial charge in [0.1, 0.15) is 27.3 Å². The lowest BCUT2D eigenvalue weighted by Crippen LogP contribution is -2.38. The van der Waals surface area contributed by atoms with Crippen LogP contribution in [-0.4, -0.2) is 37.3 Å². The normalized spacial score (nSPS) is 15.7. The number of benzene rings is 2. The van der Waals surface area contributed by atoms with Crippen LogP contribution in [0.4, 0.5) is 0 Å². The van der Waals surface area contributed by atoms with Crippen LogP contribution < -0.4 is 0 Å². The first-order valence-electron chi connectivity index (χ1n) is 10.6. The average Bonchev–Trinajstić information content (AvgIpc) is 3.23. The van der Waals surface area contributed by atoms with Crippen molar-refractivity contribution in [2.24, 2.45) is 5.92 Å². The first kappa shape index (κ1) is 23.0. The third kappa shape index (κ3) is 4.92. The molecule has 0 spiro atoms. The van der Waals surface area contributed by atoms with Crippen molar-refractivity contribution in [2.75, 3.05) is 13.1 Å². The van der Waals surface area contributed by atoms with E-state index in [1.807, 2.05) is 31.2 Å². The minimum atomic E-state index is -4.16. The molecule has 7 nitrogen and oxygen atoms in total. The molecule has 0 saturated carbocycles. The maximum absolute atomic E-state index is 13.1. The van der Waals surface area contributed by atoms with Gasteiger partial charge in [0.25, 0.3) is 0 Å². The summed E-state index contributed by atoms with van der Waals surface area (Å²) in [6, 6.07) is 16.0. The zero-order chi connectivity index (χ0) is 23.6. The molecule has 0 aliphatic carbocycles. The number of aromatic nitrogens is 1. The largest absolute Gasteiger partial charge is 0.382 e. The number of fused-ring (bicyclic) bond motifs is 1. The first-order valence-corrected chi connectivity index (χ1v) is 12.8. The lowest BCUT2D eigenvalue weighted by Gasteiger charge is -2.32. The molecule has 2 heterocycles. The van der Waals surface area contributed by atoms with Gasteiger partial charge < -0.3 is 9.08 Å². The van der Waals surface area contributed by atoms with Crippen molar-refractivity contribution < 1.29 is 17.4 Å². The monoisotopic (exact) mass is 481 g/mol. The van der Waals surface area contributed by atoms with Gasteiger partial charge in [0.05, 0.1) is 10.2 Å². The van der Waals surface area contributed by atoms with Crippen molar-refractivity contribution in [1.29, 1.82) is 5.26 Å². The molecule has 1 aliphatic heterocycles. The lowest BCUT2D eigenvalue weighted by molar-refractivity contribution is -0.130. The van der Waals surface area contributed by atoms with Crippen LogP contribution >= 0.6 is 11.3 Å². The predicted molar refractivity (Wildman–Crippen MR) is 127 cm³/mol. The SMILES string of the molecule is CC(=O)N1CCC(C(OS(=O)(=O)c2ccc(C)cc2)=C(C#N)c2nc3ccccc3s2)CC1. The molecule has 1 amide bonds. The number of carbonyl (C=O) groups is 1. The van der Waals surface area contributed by atoms with Gasteiger partial charge in [0.15, 0.2) is 0 Å². The lowest BCUT2D eigenvalue weighted by atomic mass is 9.92. The molecule has 1 aliphatic rings. The predicted octanol–water partition coefficient (Wildman–Crippen LogP) is 4.50. The molecule has 9 heteroatoms. The summed E-state index contributed by atoms with van der Waals surface area (Å²) in [5.41, 5.74) is 1.78. The Hall–Kier alpha value is -3.22. The van der Waals surface area contributed by atoms with E-state index in [-0.39, 0.29) is 28.1 Å². The molecule has 0 N–H and O–H groups in total. The smallest absolute Gasteiger partial charge is 0.338 e. The van der Waals surface area contributed by atoms with E-state index in [9.17, 15) is 18.5 Å². The van der Waals surface area contributed by atoms with E-state index >= 15 is 0 Å². The van der Waals surface area contributed by atoms with Gasteiger partial charge in [0, 0.05) is 25.9 Å². The zero-order valence-electron chi connectivity index (χ0n) is 18.3. The van der Waals surface area contributed by atoms with E-state index in [0.717, 1.165) is 15.8 Å². The molecule has 1 fully saturated rings. The van der Waals surface area contributed by atoms with Gasteiger partial charge in [0.2, 0.25) is 5.91 Å². The highest BCUT2D eigenvalue weighted by molar-refractivity contribution is 7.86. The Bertz CT molecular complexity index is 1330. The molecular formula is C24H23N3O4S2. The van der Waals surface area contributed by atoms with E-state index in [1.165, 1.54) is 30.4 Å². The molecule has 1 aromatic heterocycles. The molecule has 0 atom stereocenters. The van der Waals surface area contributed by atoms with Crippen molar-refractivity contribution in [3.8, 4) is 6.07 Å². The minimum Gasteiger partial charge on any atom is -0.382 e. The molecule has 3 aromatic rings. The Morgan fingerprint density at radius 2 is 1.82 bits per heavy atom. The average molecular weight is 482 g/mol. The van der Waals surface area contributed by atoms with Crippen LogP contribution in [0.25, 0.3) is 15.8 Å². The maximum atomic E-state index is 13.1. The van der Waals surface area contributed by atoms with Gasteiger partial charge in [-0.25, -0.2) is 4.98 Å². The topological polar surface area (TPSA) is 100 Å². The fourth-order valence-electron chi connectivity index (χ4n) is 3.83. The van der Waals surface area contributed by atoms with Gasteiger partial charge in [-0.2, -0.15) is 13.7 Å². The number of nitrogens with zero attached hydrogens (tertiary/aromatic N) is 3. The highest BCUT2D eigenvalue weighted by atomic mass is 32.2. The van der Waals surface area contributed by atoms with Gasteiger partial charge >= 0.3 is 10.1 Å². The summed E-state index contributed by atoms with van der Waals surface area (Å²) >= 11 is 1.32. The summed E-state index contributed by atoms with van der Waals surface area (Å²) in [5, 5.41) is 10.5. The number of hydrogen-bond donors (Lipinski definition) is 0. The van der Waals surface area contributed by atoms with E-state index in [4.69, 9.17) is 4.18 Å². The van der Waals surface area contributed by atoms with Crippen LogP contribution in [0, 0.1) is 24.2 Å². The Labute approximate surface area is 197 Å². The van der Waals surface area contributed by atoms with Crippen molar-refractivity contribution in [3.05, 3.63) is 64.9 Å². The quantitative estimate of drug-likeness (QED) is 0.302. The Kier molecular flexibility index (Phi) is 6.49. The fraction of sp³-hybridized carbons (Fsp3) is 0.292. The summed E-state index contributed by atoms with van der Waals surface area (Å²) in [6.45, 7) is 4.32. The highest BCUT2D eigenvalue weighted by Crippen LogP contribution is 2.36. The van der Waals surface area contributed by atoms with Gasteiger partial charge in [-0.1, -0.05) is 29.8 Å². The molecule has 33 heavy (non-hydrogen) atoms. The van der Waals surface area contributed by atoms with E-state index in [1.54, 1.807) is 17.0 Å². The number of para-hydroxylation sites is 1. The fourth-order valence-corrected chi connectivity index (χ4v) is 5.82. The number of piperidine rings is 1. The van der Waals surface area contributed by atoms with Gasteiger partial charge in [-0.05, 0) is 44.0 Å². The second-order valence-electron chi connectivity index (χ2n) is 7.97. The highest BCUT2D eigenvalue weighted by Gasteiger charge is 2.32. The molecule has 0 unspecified atom stereocenters. The second kappa shape index (κ2) is 9.33. The third-order valence-electron chi connectivity index (χ3n) is 5.69. The number of aryl methyl sites for hydroxylation is 1. The zero-order valence-corrected chi connectivity index (χ0v) is 19.9. The molecule has 0 radical (unpaired) electrons. The first-order chi connectivity index (χ1) is 15.8. The Morgan fingerprint density at radius 1 is 1.15 bits per heavy atom. The van der Waals surface area contributed by atoms with Crippen LogP contribution in [0.3, 0.4) is 0 Å². The van der Waals surface area contributed by atoms with E-state index < -0.39 is 10.1 Å². The van der Waals surface area contributed by atoms with Gasteiger partial charge in [-0.3, -0.25) is 4.79 Å². The summed E-state index contributed by atoms with van der Waals surface area (Å²) in [6.07, 6.45) is 0.989. The van der Waals surface area contributed by atoms with Crippen LogP contribution in [0.5, 0.6) is 0 Å². The van der Waals surface area contributed by atoms with Crippen molar-refractivity contribution in [3.63, 3.8) is 0 Å². The number of rotatable bonds is 5. The number of likely N-dealkylation sites (tertiary alicyclic amines) is 1. The number of thiazole rings is 1. The van der Waals surface area contributed by atoms with E-state index in [0.29, 0.717) is 30.9 Å². The molecule has 1 saturated heterocycles. The molecule has 2 aromatic carbocycles. The number of amides is 1. The van der Waals surface area contributed by atoms with Crippen LogP contribution in [-0.2, 0) is 19.1 Å². The number of carbonyl (C=O) groups excluding carboxylic acids is 1. The minimum absolute atomic E-state index is 0.0216. The van der Waals surface area contributed by atoms with Crippen LogP contribution in [0.2, 0.25) is 0 Å². The molecular weight excluding hydrogens is 458 g/mol. The number of nitriles is 1. The van der Waals surface area contributed by atoms with Crippen molar-refractivity contribution in [1.82, 2.24) is 9.88 Å². The molecule has 170 valence electrons. The number of allylic oxidation sites excluding steroid dienone is 2. The second-order valence-corrected chi connectivity index (χ2v) is 10.5. The van der Waals surface area contributed by atoms with Crippen LogP contribution in [0.1, 0.15) is 30.3 Å². The molecule has 4 rings (SSSR count). The molecule has 0 bridgehead atoms. The summed E-state index contributed by atoms with van der Waals surface area (Å²) < 4.78 is 32.9. The van der Waals surface area contributed by atoms with E-state index in [2.05, 4.69) is 11.1 Å². The third-order valence-corrected chi connectivity index (χ3v) is 7.99. The standard InChI is InChI=1S/C24H23N3O4S2/c1-16-7-9-19(10-8-16)33(29,30)31-23(18-11-13-27(14-12-18)17(2)28)20(15-25)24-26-21-5-3-4-6-22(21)32-24/h3-10,18H,11-14H2,1-2H3. The van der Waals surface area contributed by atoms with Gasteiger partial charge in [-0.15, -0.1) is 11.3 Å². The summed E-state index contributed by atoms with van der Waals surface area (Å²) in [5.74, 6) is -0.262. The Balaban J connectivity index is 1.78. The number of hydrogen-bond acceptors (Lipinski definition) is 7. The Morgan fingerprint density at radius 3 is 2.42 bits per heavy atom. The summed E-state index contributed by atoms with van der Waals surface area (Å²) in [4.78, 5) is 18.0.